The maximum absolute atomic E-state index is 13.3. The first-order valence-electron chi connectivity index (χ1n) is 8.82. The number of rotatable bonds is 6. The van der Waals surface area contributed by atoms with E-state index in [0.717, 1.165) is 37.3 Å². The zero-order valence-corrected chi connectivity index (χ0v) is 16.5. The maximum atomic E-state index is 13.3. The highest BCUT2D eigenvalue weighted by Gasteiger charge is 2.17. The summed E-state index contributed by atoms with van der Waals surface area (Å²) in [6, 6.07) is 11.5. The number of nitrogens with zero attached hydrogens (tertiary/aromatic N) is 2. The lowest BCUT2D eigenvalue weighted by Gasteiger charge is -2.10. The zero-order valence-electron chi connectivity index (χ0n) is 16.5. The van der Waals surface area contributed by atoms with Crippen molar-refractivity contribution in [2.24, 2.45) is 5.73 Å². The van der Waals surface area contributed by atoms with Crippen molar-refractivity contribution in [3.8, 4) is 17.2 Å². The number of carbonyl (C=O) groups excluding carboxylic acids is 1. The van der Waals surface area contributed by atoms with Gasteiger partial charge in [0.15, 0.2) is 5.69 Å². The first-order chi connectivity index (χ1) is 13.8. The van der Waals surface area contributed by atoms with Crippen LogP contribution in [0, 0.1) is 18.6 Å². The summed E-state index contributed by atoms with van der Waals surface area (Å²) in [5.74, 6) is -1.83. The average molecular weight is 403 g/mol. The molecule has 3 aromatic rings. The van der Waals surface area contributed by atoms with Gasteiger partial charge in [-0.1, -0.05) is 23.8 Å². The molecule has 154 valence electrons. The van der Waals surface area contributed by atoms with E-state index in [1.807, 2.05) is 26.2 Å². The lowest BCUT2D eigenvalue weighted by Crippen LogP contribution is -2.19. The highest BCUT2D eigenvalue weighted by molar-refractivity contribution is 5.90. The lowest BCUT2D eigenvalue weighted by atomic mass is 10.2. The van der Waals surface area contributed by atoms with Crippen LogP contribution in [-0.2, 0) is 0 Å². The van der Waals surface area contributed by atoms with Crippen molar-refractivity contribution in [3.05, 3.63) is 71.6 Å². The molecule has 0 saturated carbocycles. The van der Waals surface area contributed by atoms with Crippen LogP contribution in [-0.4, -0.2) is 43.0 Å². The van der Waals surface area contributed by atoms with Crippen molar-refractivity contribution >= 4 is 5.91 Å². The van der Waals surface area contributed by atoms with Gasteiger partial charge < -0.3 is 19.8 Å². The fraction of sp³-hybridized carbons (Fsp3) is 0.238. The molecular formula is C21H23F2N3O3. The first kappa shape index (κ1) is 22.0. The quantitative estimate of drug-likeness (QED) is 0.679. The summed E-state index contributed by atoms with van der Waals surface area (Å²) >= 11 is 0. The summed E-state index contributed by atoms with van der Waals surface area (Å²) < 4.78 is 36.9. The number of likely N-dealkylation sites (N-methyl/N-ethyl adjacent to an activating group) is 1. The Morgan fingerprint density at radius 2 is 1.76 bits per heavy atom. The standard InChI is InChI=1S/C11H17NO.C10H6F2N2O2/c1-10-4-6-11(7-5-10)13-9-8-12(2)3;11-5-2-1-3-6(12)8(5)10-14-7(4-16-10)9(13)15/h4-7H,8-9H2,1-3H3;1-4H,(H2,13,15). The molecule has 0 aliphatic heterocycles. The zero-order chi connectivity index (χ0) is 21.4. The normalized spacial score (nSPS) is 10.4. The van der Waals surface area contributed by atoms with Crippen LogP contribution >= 0.6 is 0 Å². The second-order valence-corrected chi connectivity index (χ2v) is 6.46. The third-order valence-corrected chi connectivity index (χ3v) is 3.76. The molecule has 0 radical (unpaired) electrons. The molecule has 0 saturated heterocycles. The molecule has 3 rings (SSSR count). The topological polar surface area (TPSA) is 81.6 Å². The molecular weight excluding hydrogens is 380 g/mol. The van der Waals surface area contributed by atoms with Gasteiger partial charge in [-0.15, -0.1) is 0 Å². The van der Waals surface area contributed by atoms with E-state index < -0.39 is 23.1 Å². The van der Waals surface area contributed by atoms with Gasteiger partial charge in [-0.2, -0.15) is 0 Å². The fourth-order valence-corrected chi connectivity index (χ4v) is 2.18. The number of primary amides is 1. The minimum Gasteiger partial charge on any atom is -0.492 e. The Morgan fingerprint density at radius 3 is 2.28 bits per heavy atom. The van der Waals surface area contributed by atoms with E-state index in [1.54, 1.807) is 0 Å². The molecule has 0 bridgehead atoms. The van der Waals surface area contributed by atoms with Gasteiger partial charge >= 0.3 is 0 Å². The molecule has 1 aromatic heterocycles. The number of amides is 1. The van der Waals surface area contributed by atoms with Gasteiger partial charge in [-0.3, -0.25) is 4.79 Å². The van der Waals surface area contributed by atoms with Crippen molar-refractivity contribution < 1.29 is 22.7 Å². The van der Waals surface area contributed by atoms with E-state index in [0.29, 0.717) is 0 Å². The molecule has 8 heteroatoms. The summed E-state index contributed by atoms with van der Waals surface area (Å²) in [5.41, 5.74) is 5.59. The molecule has 1 heterocycles. The first-order valence-corrected chi connectivity index (χ1v) is 8.82. The molecule has 29 heavy (non-hydrogen) atoms. The van der Waals surface area contributed by atoms with Crippen LogP contribution in [0.25, 0.3) is 11.5 Å². The van der Waals surface area contributed by atoms with Crippen molar-refractivity contribution in [1.29, 1.82) is 0 Å². The van der Waals surface area contributed by atoms with Gasteiger partial charge in [-0.25, -0.2) is 13.8 Å². The molecule has 0 spiro atoms. The molecule has 2 N–H and O–H groups in total. The van der Waals surface area contributed by atoms with E-state index in [4.69, 9.17) is 14.9 Å². The Bertz CT molecular complexity index is 920. The van der Waals surface area contributed by atoms with Crippen molar-refractivity contribution in [2.45, 2.75) is 6.92 Å². The third kappa shape index (κ3) is 6.69. The minimum absolute atomic E-state index is 0.183. The SMILES string of the molecule is Cc1ccc(OCCN(C)C)cc1.NC(=O)c1coc(-c2c(F)cccc2F)n1. The monoisotopic (exact) mass is 403 g/mol. The molecule has 6 nitrogen and oxygen atoms in total. The van der Waals surface area contributed by atoms with Gasteiger partial charge in [-0.05, 0) is 45.3 Å². The number of oxazole rings is 1. The van der Waals surface area contributed by atoms with E-state index in [1.165, 1.54) is 11.6 Å². The number of benzene rings is 2. The highest BCUT2D eigenvalue weighted by atomic mass is 19.1. The minimum atomic E-state index is -0.827. The van der Waals surface area contributed by atoms with Crippen LogP contribution in [0.4, 0.5) is 8.78 Å². The fourth-order valence-electron chi connectivity index (χ4n) is 2.18. The van der Waals surface area contributed by atoms with Crippen molar-refractivity contribution in [2.75, 3.05) is 27.2 Å². The highest BCUT2D eigenvalue weighted by Crippen LogP contribution is 2.24. The summed E-state index contributed by atoms with van der Waals surface area (Å²) in [5, 5.41) is 0. The second kappa shape index (κ2) is 10.3. The maximum Gasteiger partial charge on any atom is 0.270 e. The summed E-state index contributed by atoms with van der Waals surface area (Å²) in [4.78, 5) is 16.4. The second-order valence-electron chi connectivity index (χ2n) is 6.46. The third-order valence-electron chi connectivity index (χ3n) is 3.76. The smallest absolute Gasteiger partial charge is 0.270 e. The molecule has 0 atom stereocenters. The molecule has 0 unspecified atom stereocenters. The van der Waals surface area contributed by atoms with Gasteiger partial charge in [0.2, 0.25) is 5.89 Å². The Labute approximate surface area is 167 Å². The summed E-state index contributed by atoms with van der Waals surface area (Å²) in [7, 11) is 4.08. The van der Waals surface area contributed by atoms with Gasteiger partial charge in [0.25, 0.3) is 5.91 Å². The van der Waals surface area contributed by atoms with Crippen LogP contribution in [0.3, 0.4) is 0 Å². The molecule has 0 aliphatic rings. The molecule has 0 fully saturated rings. The van der Waals surface area contributed by atoms with Gasteiger partial charge in [0.05, 0.1) is 0 Å². The van der Waals surface area contributed by atoms with Gasteiger partial charge in [0.1, 0.15) is 35.8 Å². The van der Waals surface area contributed by atoms with E-state index in [9.17, 15) is 13.6 Å². The largest absolute Gasteiger partial charge is 0.492 e. The Balaban J connectivity index is 0.000000212. The molecule has 2 aromatic carbocycles. The Kier molecular flexibility index (Phi) is 7.85. The number of aromatic nitrogens is 1. The van der Waals surface area contributed by atoms with Gasteiger partial charge in [0, 0.05) is 6.54 Å². The summed E-state index contributed by atoms with van der Waals surface area (Å²) in [6.07, 6.45) is 0.948. The van der Waals surface area contributed by atoms with Crippen LogP contribution in [0.2, 0.25) is 0 Å². The number of halogens is 2. The Morgan fingerprint density at radius 1 is 1.14 bits per heavy atom. The number of aryl methyl sites for hydroxylation is 1. The Hall–Kier alpha value is -3.26. The lowest BCUT2D eigenvalue weighted by molar-refractivity contribution is 0.0995. The molecule has 1 amide bonds. The predicted octanol–water partition coefficient (Wildman–Crippen LogP) is 3.65. The average Bonchev–Trinajstić information content (AvgIpc) is 3.14. The predicted molar refractivity (Wildman–Crippen MR) is 106 cm³/mol. The van der Waals surface area contributed by atoms with Crippen LogP contribution in [0.15, 0.2) is 53.1 Å². The number of carbonyl (C=O) groups is 1. The van der Waals surface area contributed by atoms with Crippen molar-refractivity contribution in [1.82, 2.24) is 9.88 Å². The summed E-state index contributed by atoms with van der Waals surface area (Å²) in [6.45, 7) is 3.77. The van der Waals surface area contributed by atoms with E-state index in [2.05, 4.69) is 28.9 Å². The van der Waals surface area contributed by atoms with Crippen LogP contribution < -0.4 is 10.5 Å². The number of ether oxygens (including phenoxy) is 1. The van der Waals surface area contributed by atoms with E-state index in [-0.39, 0.29) is 11.6 Å². The number of hydrogen-bond donors (Lipinski definition) is 1. The molecule has 0 aliphatic carbocycles. The number of nitrogens with two attached hydrogens (primary N) is 1. The van der Waals surface area contributed by atoms with E-state index >= 15 is 0 Å². The van der Waals surface area contributed by atoms with Crippen LogP contribution in [0.5, 0.6) is 5.75 Å². The van der Waals surface area contributed by atoms with Crippen molar-refractivity contribution in [3.63, 3.8) is 0 Å². The van der Waals surface area contributed by atoms with Crippen LogP contribution in [0.1, 0.15) is 16.1 Å². The number of hydrogen-bond acceptors (Lipinski definition) is 5.